The molecule has 4 heteroatoms. The molecule has 1 N–H and O–H groups in total. The molecular weight excluding hydrogens is 391 g/mol. The van der Waals surface area contributed by atoms with E-state index in [9.17, 15) is 9.50 Å². The van der Waals surface area contributed by atoms with Crippen molar-refractivity contribution in [3.63, 3.8) is 0 Å². The lowest BCUT2D eigenvalue weighted by atomic mass is 9.85. The predicted octanol–water partition coefficient (Wildman–Crippen LogP) is 5.87. The highest BCUT2D eigenvalue weighted by atomic mass is 19.1. The molecule has 0 heterocycles. The molecule has 0 spiro atoms. The maximum Gasteiger partial charge on any atom is 0.125 e. The van der Waals surface area contributed by atoms with Gasteiger partial charge in [0.2, 0.25) is 0 Å². The number of ether oxygens (including phenoxy) is 2. The van der Waals surface area contributed by atoms with Crippen LogP contribution in [0.2, 0.25) is 0 Å². The van der Waals surface area contributed by atoms with E-state index < -0.39 is 6.10 Å². The number of methoxy groups -OCH3 is 2. The highest BCUT2D eigenvalue weighted by Crippen LogP contribution is 2.36. The smallest absolute Gasteiger partial charge is 0.125 e. The topological polar surface area (TPSA) is 38.7 Å². The zero-order valence-corrected chi connectivity index (χ0v) is 18.4. The number of halogens is 1. The summed E-state index contributed by atoms with van der Waals surface area (Å²) in [7, 11) is 3.24. The molecule has 163 valence electrons. The normalized spacial score (nSPS) is 12.9. The Labute approximate surface area is 184 Å². The van der Waals surface area contributed by atoms with Crippen molar-refractivity contribution in [2.75, 3.05) is 14.2 Å². The first-order chi connectivity index (χ1) is 15.0. The van der Waals surface area contributed by atoms with Crippen LogP contribution in [0, 0.1) is 24.7 Å². The molecule has 31 heavy (non-hydrogen) atoms. The molecule has 3 nitrogen and oxygen atoms in total. The minimum atomic E-state index is -0.680. The first-order valence-corrected chi connectivity index (χ1v) is 10.6. The van der Waals surface area contributed by atoms with Crippen LogP contribution in [0.3, 0.4) is 0 Å². The number of rotatable bonds is 10. The minimum Gasteiger partial charge on any atom is -0.496 e. The molecule has 3 aromatic rings. The van der Waals surface area contributed by atoms with E-state index in [2.05, 4.69) is 6.07 Å². The number of hydrogen-bond acceptors (Lipinski definition) is 3. The van der Waals surface area contributed by atoms with E-state index in [1.54, 1.807) is 26.4 Å². The SMILES string of the molecule is COc1cc(C(O)[C@H](CCCc2cccc(F)c2)Cc2cc[c]cc2)cc(OC)c1C. The second-order valence-electron chi connectivity index (χ2n) is 7.89. The summed E-state index contributed by atoms with van der Waals surface area (Å²) < 4.78 is 24.5. The number of hydrogen-bond donors (Lipinski definition) is 1. The molecule has 0 bridgehead atoms. The largest absolute Gasteiger partial charge is 0.496 e. The number of aliphatic hydroxyl groups is 1. The van der Waals surface area contributed by atoms with Gasteiger partial charge in [0.15, 0.2) is 0 Å². The van der Waals surface area contributed by atoms with Gasteiger partial charge in [0.25, 0.3) is 0 Å². The summed E-state index contributed by atoms with van der Waals surface area (Å²) in [5, 5.41) is 11.3. The Balaban J connectivity index is 1.81. The Kier molecular flexibility index (Phi) is 8.07. The third kappa shape index (κ3) is 6.08. The van der Waals surface area contributed by atoms with Crippen molar-refractivity contribution in [1.29, 1.82) is 0 Å². The maximum atomic E-state index is 13.5. The Hall–Kier alpha value is -2.85. The van der Waals surface area contributed by atoms with Gasteiger partial charge in [-0.15, -0.1) is 0 Å². The summed E-state index contributed by atoms with van der Waals surface area (Å²) >= 11 is 0. The Bertz CT molecular complexity index is 946. The number of benzene rings is 3. The maximum absolute atomic E-state index is 13.5. The first kappa shape index (κ1) is 22.8. The number of aliphatic hydroxyl groups excluding tert-OH is 1. The summed E-state index contributed by atoms with van der Waals surface area (Å²) in [6.45, 7) is 1.94. The van der Waals surface area contributed by atoms with Gasteiger partial charge in [-0.3, -0.25) is 0 Å². The lowest BCUT2D eigenvalue weighted by molar-refractivity contribution is 0.101. The minimum absolute atomic E-state index is 0.00641. The van der Waals surface area contributed by atoms with Crippen molar-refractivity contribution in [2.45, 2.75) is 38.7 Å². The van der Waals surface area contributed by atoms with E-state index in [-0.39, 0.29) is 11.7 Å². The summed E-state index contributed by atoms with van der Waals surface area (Å²) in [5.74, 6) is 1.17. The number of aryl methyl sites for hydroxylation is 1. The highest BCUT2D eigenvalue weighted by Gasteiger charge is 2.23. The monoisotopic (exact) mass is 421 g/mol. The van der Waals surface area contributed by atoms with Crippen LogP contribution in [0.4, 0.5) is 4.39 Å². The van der Waals surface area contributed by atoms with Gasteiger partial charge in [0.1, 0.15) is 17.3 Å². The van der Waals surface area contributed by atoms with Crippen molar-refractivity contribution >= 4 is 0 Å². The van der Waals surface area contributed by atoms with Crippen molar-refractivity contribution in [3.8, 4) is 11.5 Å². The summed E-state index contributed by atoms with van der Waals surface area (Å²) in [6.07, 6.45) is 2.47. The van der Waals surface area contributed by atoms with Crippen LogP contribution in [-0.4, -0.2) is 19.3 Å². The van der Waals surface area contributed by atoms with E-state index >= 15 is 0 Å². The summed E-state index contributed by atoms with van der Waals surface area (Å²) in [6, 6.07) is 21.4. The van der Waals surface area contributed by atoms with Crippen molar-refractivity contribution < 1.29 is 19.0 Å². The molecule has 0 saturated heterocycles. The first-order valence-electron chi connectivity index (χ1n) is 10.6. The van der Waals surface area contributed by atoms with Gasteiger partial charge in [-0.1, -0.05) is 36.4 Å². The highest BCUT2D eigenvalue weighted by molar-refractivity contribution is 5.48. The summed E-state index contributed by atoms with van der Waals surface area (Å²) in [5.41, 5.74) is 3.81. The van der Waals surface area contributed by atoms with Gasteiger partial charge >= 0.3 is 0 Å². The Morgan fingerprint density at radius 2 is 1.65 bits per heavy atom. The van der Waals surface area contributed by atoms with Gasteiger partial charge < -0.3 is 14.6 Å². The molecule has 0 saturated carbocycles. The fourth-order valence-corrected chi connectivity index (χ4v) is 4.04. The van der Waals surface area contributed by atoms with Gasteiger partial charge in [0.05, 0.1) is 20.3 Å². The lowest BCUT2D eigenvalue weighted by Gasteiger charge is -2.25. The molecule has 0 aliphatic rings. The molecule has 3 rings (SSSR count). The fraction of sp³-hybridized carbons (Fsp3) is 0.333. The predicted molar refractivity (Wildman–Crippen MR) is 121 cm³/mol. The second-order valence-corrected chi connectivity index (χ2v) is 7.89. The van der Waals surface area contributed by atoms with Gasteiger partial charge in [0, 0.05) is 5.56 Å². The van der Waals surface area contributed by atoms with E-state index in [1.165, 1.54) is 6.07 Å². The van der Waals surface area contributed by atoms with Crippen LogP contribution < -0.4 is 9.47 Å². The van der Waals surface area contributed by atoms with Crippen LogP contribution in [0.1, 0.15) is 41.2 Å². The van der Waals surface area contributed by atoms with Crippen LogP contribution in [0.15, 0.2) is 60.7 Å². The zero-order chi connectivity index (χ0) is 22.2. The zero-order valence-electron chi connectivity index (χ0n) is 18.4. The molecule has 1 radical (unpaired) electrons. The molecule has 0 fully saturated rings. The Morgan fingerprint density at radius 3 is 2.26 bits per heavy atom. The average Bonchev–Trinajstić information content (AvgIpc) is 2.79. The van der Waals surface area contributed by atoms with Crippen LogP contribution in [-0.2, 0) is 12.8 Å². The van der Waals surface area contributed by atoms with Crippen LogP contribution >= 0.6 is 0 Å². The van der Waals surface area contributed by atoms with E-state index in [4.69, 9.17) is 9.47 Å². The van der Waals surface area contributed by atoms with Crippen molar-refractivity contribution in [2.24, 2.45) is 5.92 Å². The van der Waals surface area contributed by atoms with Crippen LogP contribution in [0.25, 0.3) is 0 Å². The molecule has 0 aliphatic heterocycles. The summed E-state index contributed by atoms with van der Waals surface area (Å²) in [4.78, 5) is 0. The van der Waals surface area contributed by atoms with Gasteiger partial charge in [-0.25, -0.2) is 4.39 Å². The second kappa shape index (κ2) is 11.0. The van der Waals surface area contributed by atoms with Crippen molar-refractivity contribution in [3.05, 3.63) is 94.8 Å². The molecular formula is C27H30FO3. The van der Waals surface area contributed by atoms with E-state index in [1.807, 2.05) is 49.4 Å². The van der Waals surface area contributed by atoms with Gasteiger partial charge in [-0.2, -0.15) is 0 Å². The molecule has 0 aliphatic carbocycles. The van der Waals surface area contributed by atoms with Gasteiger partial charge in [-0.05, 0) is 85.5 Å². The third-order valence-corrected chi connectivity index (χ3v) is 5.78. The standard InChI is InChI=1S/C27H30FO3/c1-19-25(30-2)17-23(18-26(19)31-3)27(29)22(15-20-9-5-4-6-10-20)13-7-11-21-12-8-14-24(28)16-21/h5-6,8-10,12,14,16-18,22,27,29H,7,11,13,15H2,1-3H3/t22-,27?/m1/s1. The lowest BCUT2D eigenvalue weighted by Crippen LogP contribution is -2.16. The average molecular weight is 422 g/mol. The third-order valence-electron chi connectivity index (χ3n) is 5.78. The van der Waals surface area contributed by atoms with E-state index in [0.717, 1.165) is 47.9 Å². The Morgan fingerprint density at radius 1 is 0.968 bits per heavy atom. The molecule has 0 aromatic heterocycles. The molecule has 3 aromatic carbocycles. The van der Waals surface area contributed by atoms with E-state index in [0.29, 0.717) is 11.5 Å². The van der Waals surface area contributed by atoms with Crippen LogP contribution in [0.5, 0.6) is 11.5 Å². The molecule has 1 unspecified atom stereocenters. The fourth-order valence-electron chi connectivity index (χ4n) is 4.04. The quantitative estimate of drug-likeness (QED) is 0.445. The molecule has 0 amide bonds. The van der Waals surface area contributed by atoms with Crippen molar-refractivity contribution in [1.82, 2.24) is 0 Å². The molecule has 2 atom stereocenters.